The highest BCUT2D eigenvalue weighted by molar-refractivity contribution is 7.98. The Morgan fingerprint density at radius 3 is 2.93 bits per heavy atom. The Morgan fingerprint density at radius 2 is 2.11 bits per heavy atom. The summed E-state index contributed by atoms with van der Waals surface area (Å²) < 4.78 is 3.74. The van der Waals surface area contributed by atoms with Crippen molar-refractivity contribution in [3.63, 3.8) is 0 Å². The summed E-state index contributed by atoms with van der Waals surface area (Å²) in [4.78, 5) is 18.2. The molecule has 3 heterocycles. The minimum Gasteiger partial charge on any atom is -0.319 e. The van der Waals surface area contributed by atoms with E-state index in [1.807, 2.05) is 72.6 Å². The number of nitrogens with zero attached hydrogens (tertiary/aromatic N) is 4. The van der Waals surface area contributed by atoms with Crippen molar-refractivity contribution in [3.8, 4) is 0 Å². The minimum absolute atomic E-state index is 0.129. The molecule has 27 heavy (non-hydrogen) atoms. The van der Waals surface area contributed by atoms with Crippen LogP contribution >= 0.6 is 11.8 Å². The summed E-state index contributed by atoms with van der Waals surface area (Å²) in [6.45, 7) is 2.48. The van der Waals surface area contributed by atoms with E-state index in [0.717, 1.165) is 21.8 Å². The number of carbonyl (C=O) groups is 1. The fourth-order valence-corrected chi connectivity index (χ4v) is 3.35. The zero-order valence-corrected chi connectivity index (χ0v) is 15.9. The molecular weight excluding hydrogens is 358 g/mol. The number of pyridine rings is 1. The van der Waals surface area contributed by atoms with Crippen LogP contribution in [0.2, 0.25) is 0 Å². The number of benzene rings is 1. The third kappa shape index (κ3) is 3.73. The maximum Gasteiger partial charge on any atom is 0.256 e. The van der Waals surface area contributed by atoms with Crippen molar-refractivity contribution in [1.82, 2.24) is 19.2 Å². The molecule has 136 valence electrons. The molecule has 1 amide bonds. The number of nitrogens with one attached hydrogen (secondary N) is 1. The van der Waals surface area contributed by atoms with E-state index < -0.39 is 0 Å². The van der Waals surface area contributed by atoms with Gasteiger partial charge in [0.15, 0.2) is 0 Å². The van der Waals surface area contributed by atoms with Gasteiger partial charge in [-0.05, 0) is 43.0 Å². The van der Waals surface area contributed by atoms with Crippen LogP contribution < -0.4 is 5.32 Å². The number of aryl methyl sites for hydroxylation is 1. The van der Waals surface area contributed by atoms with Gasteiger partial charge >= 0.3 is 0 Å². The lowest BCUT2D eigenvalue weighted by Gasteiger charge is -2.07. The molecular formula is C20H19N5OS. The van der Waals surface area contributed by atoms with Gasteiger partial charge in [0, 0.05) is 29.0 Å². The van der Waals surface area contributed by atoms with Crippen molar-refractivity contribution in [2.24, 2.45) is 0 Å². The Kier molecular flexibility index (Phi) is 4.68. The molecule has 0 atom stereocenters. The number of amides is 1. The molecule has 1 aromatic carbocycles. The molecule has 0 fully saturated rings. The molecule has 0 bridgehead atoms. The quantitative estimate of drug-likeness (QED) is 0.537. The maximum atomic E-state index is 12.6. The Morgan fingerprint density at radius 1 is 1.22 bits per heavy atom. The molecule has 0 aliphatic heterocycles. The standard InChI is InChI=1S/C20H19N5OS/c1-14-6-7-17(27-2)9-18(14)20(26)23-15-10-21-25(12-15)13-16-11-24-8-4-3-5-19(24)22-16/h3-12H,13H2,1-2H3,(H,23,26). The molecule has 0 saturated heterocycles. The highest BCUT2D eigenvalue weighted by Gasteiger charge is 2.12. The fourth-order valence-electron chi connectivity index (χ4n) is 2.92. The molecule has 7 heteroatoms. The van der Waals surface area contributed by atoms with Gasteiger partial charge in [-0.2, -0.15) is 5.10 Å². The summed E-state index contributed by atoms with van der Waals surface area (Å²) in [5.74, 6) is -0.129. The zero-order valence-electron chi connectivity index (χ0n) is 15.1. The molecule has 1 N–H and O–H groups in total. The van der Waals surface area contributed by atoms with Gasteiger partial charge in [0.25, 0.3) is 5.91 Å². The highest BCUT2D eigenvalue weighted by atomic mass is 32.2. The number of aromatic nitrogens is 4. The summed E-state index contributed by atoms with van der Waals surface area (Å²) in [6.07, 6.45) is 9.41. The SMILES string of the molecule is CSc1ccc(C)c(C(=O)Nc2cnn(Cc3cn4ccccc4n3)c2)c1. The molecule has 4 rings (SSSR count). The predicted octanol–water partition coefficient (Wildman–Crippen LogP) is 3.86. The number of hydrogen-bond acceptors (Lipinski definition) is 4. The van der Waals surface area contributed by atoms with Crippen molar-refractivity contribution in [3.05, 3.63) is 78.0 Å². The van der Waals surface area contributed by atoms with Crippen LogP contribution in [0.15, 0.2) is 66.1 Å². The van der Waals surface area contributed by atoms with Crippen molar-refractivity contribution in [2.75, 3.05) is 11.6 Å². The molecule has 4 aromatic rings. The van der Waals surface area contributed by atoms with E-state index in [2.05, 4.69) is 15.4 Å². The molecule has 0 aliphatic carbocycles. The summed E-state index contributed by atoms with van der Waals surface area (Å²) in [5.41, 5.74) is 4.10. The largest absolute Gasteiger partial charge is 0.319 e. The van der Waals surface area contributed by atoms with E-state index in [4.69, 9.17) is 0 Å². The normalized spacial score (nSPS) is 11.0. The van der Waals surface area contributed by atoms with E-state index in [1.165, 1.54) is 0 Å². The lowest BCUT2D eigenvalue weighted by molar-refractivity contribution is 0.102. The van der Waals surface area contributed by atoms with Gasteiger partial charge in [0.05, 0.1) is 24.1 Å². The predicted molar refractivity (Wildman–Crippen MR) is 107 cm³/mol. The topological polar surface area (TPSA) is 64.2 Å². The third-order valence-corrected chi connectivity index (χ3v) is 5.04. The molecule has 0 spiro atoms. The van der Waals surface area contributed by atoms with Gasteiger partial charge in [0.1, 0.15) is 5.65 Å². The van der Waals surface area contributed by atoms with Crippen LogP contribution in [0.1, 0.15) is 21.6 Å². The molecule has 0 radical (unpaired) electrons. The highest BCUT2D eigenvalue weighted by Crippen LogP contribution is 2.20. The van der Waals surface area contributed by atoms with Crippen LogP contribution in [-0.2, 0) is 6.54 Å². The van der Waals surface area contributed by atoms with E-state index in [9.17, 15) is 4.79 Å². The number of imidazole rings is 1. The van der Waals surface area contributed by atoms with Crippen molar-refractivity contribution in [2.45, 2.75) is 18.4 Å². The van der Waals surface area contributed by atoms with Crippen molar-refractivity contribution >= 4 is 29.0 Å². The van der Waals surface area contributed by atoms with Crippen LogP contribution in [0, 0.1) is 6.92 Å². The number of thioether (sulfide) groups is 1. The smallest absolute Gasteiger partial charge is 0.256 e. The van der Waals surface area contributed by atoms with Gasteiger partial charge in [-0.1, -0.05) is 12.1 Å². The molecule has 0 unspecified atom stereocenters. The van der Waals surface area contributed by atoms with Crippen LogP contribution in [0.3, 0.4) is 0 Å². The van der Waals surface area contributed by atoms with Gasteiger partial charge in [-0.15, -0.1) is 11.8 Å². The zero-order chi connectivity index (χ0) is 18.8. The monoisotopic (exact) mass is 377 g/mol. The van der Waals surface area contributed by atoms with Gasteiger partial charge in [0.2, 0.25) is 0 Å². The van der Waals surface area contributed by atoms with Crippen molar-refractivity contribution < 1.29 is 4.79 Å². The summed E-state index contributed by atoms with van der Waals surface area (Å²) in [7, 11) is 0. The van der Waals surface area contributed by atoms with E-state index in [0.29, 0.717) is 17.8 Å². The summed E-state index contributed by atoms with van der Waals surface area (Å²) >= 11 is 1.62. The Hall–Kier alpha value is -3.06. The van der Waals surface area contributed by atoms with Crippen LogP contribution in [0.25, 0.3) is 5.65 Å². The average molecular weight is 377 g/mol. The van der Waals surface area contributed by atoms with Gasteiger partial charge < -0.3 is 9.72 Å². The number of carbonyl (C=O) groups excluding carboxylic acids is 1. The second-order valence-electron chi connectivity index (χ2n) is 6.26. The Bertz CT molecular complexity index is 1080. The number of fused-ring (bicyclic) bond motifs is 1. The Balaban J connectivity index is 1.48. The van der Waals surface area contributed by atoms with Gasteiger partial charge in [-0.25, -0.2) is 4.98 Å². The first-order valence-corrected chi connectivity index (χ1v) is 9.76. The minimum atomic E-state index is -0.129. The second kappa shape index (κ2) is 7.28. The lowest BCUT2D eigenvalue weighted by atomic mass is 10.1. The summed E-state index contributed by atoms with van der Waals surface area (Å²) in [5, 5.41) is 7.26. The lowest BCUT2D eigenvalue weighted by Crippen LogP contribution is -2.13. The number of rotatable bonds is 5. The molecule has 3 aromatic heterocycles. The first-order chi connectivity index (χ1) is 13.1. The first-order valence-electron chi connectivity index (χ1n) is 8.53. The van der Waals surface area contributed by atoms with E-state index in [1.54, 1.807) is 22.6 Å². The van der Waals surface area contributed by atoms with Gasteiger partial charge in [-0.3, -0.25) is 9.48 Å². The van der Waals surface area contributed by atoms with Crippen LogP contribution in [0.4, 0.5) is 5.69 Å². The maximum absolute atomic E-state index is 12.6. The van der Waals surface area contributed by atoms with Crippen LogP contribution in [-0.4, -0.2) is 31.3 Å². The molecule has 0 saturated carbocycles. The fraction of sp³-hybridized carbons (Fsp3) is 0.150. The second-order valence-corrected chi connectivity index (χ2v) is 7.14. The Labute approximate surface area is 161 Å². The van der Waals surface area contributed by atoms with Crippen LogP contribution in [0.5, 0.6) is 0 Å². The van der Waals surface area contributed by atoms with E-state index in [-0.39, 0.29) is 5.91 Å². The van der Waals surface area contributed by atoms with Crippen molar-refractivity contribution in [1.29, 1.82) is 0 Å². The first kappa shape index (κ1) is 17.4. The number of hydrogen-bond donors (Lipinski definition) is 1. The molecule has 6 nitrogen and oxygen atoms in total. The average Bonchev–Trinajstić information content (AvgIpc) is 3.28. The summed E-state index contributed by atoms with van der Waals surface area (Å²) in [6, 6.07) is 11.8. The number of anilines is 1. The molecule has 0 aliphatic rings. The van der Waals surface area contributed by atoms with E-state index >= 15 is 0 Å². The third-order valence-electron chi connectivity index (χ3n) is 4.32.